The summed E-state index contributed by atoms with van der Waals surface area (Å²) in [6, 6.07) is 0. The van der Waals surface area contributed by atoms with Gasteiger partial charge in [0.2, 0.25) is 8.32 Å². The number of allylic oxidation sites excluding steroid dienone is 5. The van der Waals surface area contributed by atoms with Crippen molar-refractivity contribution in [1.82, 2.24) is 0 Å². The highest BCUT2D eigenvalue weighted by molar-refractivity contribution is 6.71. The number of carbonyl (C=O) groups is 2. The minimum absolute atomic E-state index is 0.156. The van der Waals surface area contributed by atoms with E-state index in [0.717, 1.165) is 25.7 Å². The molecule has 152 valence electrons. The van der Waals surface area contributed by atoms with E-state index in [4.69, 9.17) is 9.16 Å². The first-order chi connectivity index (χ1) is 13.0. The van der Waals surface area contributed by atoms with E-state index >= 15 is 0 Å². The molecule has 0 aromatic carbocycles. The van der Waals surface area contributed by atoms with Gasteiger partial charge in [-0.25, -0.2) is 0 Å². The van der Waals surface area contributed by atoms with Crippen LogP contribution in [-0.4, -0.2) is 27.4 Å². The van der Waals surface area contributed by atoms with E-state index in [9.17, 15) is 9.59 Å². The van der Waals surface area contributed by atoms with E-state index < -0.39 is 13.7 Å². The van der Waals surface area contributed by atoms with Gasteiger partial charge in [-0.2, -0.15) is 0 Å². The summed E-state index contributed by atoms with van der Waals surface area (Å²) in [6.07, 6.45) is 8.79. The Morgan fingerprint density at radius 2 is 2.00 bits per heavy atom. The Bertz CT molecular complexity index is 817. The third kappa shape index (κ3) is 2.61. The largest absolute Gasteiger partial charge is 0.519 e. The Hall–Kier alpha value is -1.62. The molecule has 0 aromatic rings. The third-order valence-electron chi connectivity index (χ3n) is 7.53. The zero-order valence-electron chi connectivity index (χ0n) is 17.8. The van der Waals surface area contributed by atoms with Crippen molar-refractivity contribution in [3.8, 4) is 0 Å². The first-order valence-electron chi connectivity index (χ1n) is 10.4. The predicted molar refractivity (Wildman–Crippen MR) is 111 cm³/mol. The van der Waals surface area contributed by atoms with Crippen LogP contribution in [0.15, 0.2) is 35.5 Å². The second kappa shape index (κ2) is 6.19. The Kier molecular flexibility index (Phi) is 4.35. The molecule has 0 N–H and O–H groups in total. The molecular weight excluding hydrogens is 368 g/mol. The zero-order chi connectivity index (χ0) is 20.5. The fourth-order valence-corrected chi connectivity index (χ4v) is 7.21. The van der Waals surface area contributed by atoms with Crippen molar-refractivity contribution in [3.63, 3.8) is 0 Å². The van der Waals surface area contributed by atoms with Gasteiger partial charge in [0.25, 0.3) is 5.97 Å². The molecule has 0 saturated heterocycles. The van der Waals surface area contributed by atoms with Gasteiger partial charge in [-0.3, -0.25) is 9.59 Å². The monoisotopic (exact) mass is 400 g/mol. The first kappa shape index (κ1) is 19.7. The van der Waals surface area contributed by atoms with Crippen molar-refractivity contribution in [3.05, 3.63) is 35.5 Å². The molecule has 2 bridgehead atoms. The summed E-state index contributed by atoms with van der Waals surface area (Å²) in [4.78, 5) is 26.6. The fraction of sp³-hybridized carbons (Fsp3) is 0.652. The highest BCUT2D eigenvalue weighted by Gasteiger charge is 2.66. The SMILES string of the molecule is C=C1C[C@@]23CC1CCC2=C1C=CCC(C)(C(=O)O[Si](C)(C)C)[C@@H]1[C@H]3C(=O)OC. The lowest BCUT2D eigenvalue weighted by atomic mass is 9.60. The number of esters is 1. The van der Waals surface area contributed by atoms with E-state index in [1.54, 1.807) is 0 Å². The summed E-state index contributed by atoms with van der Waals surface area (Å²) >= 11 is 0. The van der Waals surface area contributed by atoms with Gasteiger partial charge >= 0.3 is 5.97 Å². The number of hydrogen-bond donors (Lipinski definition) is 0. The predicted octanol–water partition coefficient (Wildman–Crippen LogP) is 4.79. The van der Waals surface area contributed by atoms with Crippen LogP contribution in [0.1, 0.15) is 39.0 Å². The van der Waals surface area contributed by atoms with E-state index in [0.29, 0.717) is 12.3 Å². The lowest BCUT2D eigenvalue weighted by Gasteiger charge is -2.43. The summed E-state index contributed by atoms with van der Waals surface area (Å²) in [7, 11) is -0.571. The summed E-state index contributed by atoms with van der Waals surface area (Å²) < 4.78 is 11.3. The van der Waals surface area contributed by atoms with Crippen molar-refractivity contribution >= 4 is 20.3 Å². The lowest BCUT2D eigenvalue weighted by molar-refractivity contribution is -0.158. The van der Waals surface area contributed by atoms with Crippen LogP contribution in [0.3, 0.4) is 0 Å². The molecule has 4 nitrogen and oxygen atoms in total. The van der Waals surface area contributed by atoms with Crippen LogP contribution in [0.5, 0.6) is 0 Å². The lowest BCUT2D eigenvalue weighted by Crippen LogP contribution is -2.49. The van der Waals surface area contributed by atoms with Crippen molar-refractivity contribution in [2.24, 2.45) is 28.6 Å². The highest BCUT2D eigenvalue weighted by Crippen LogP contribution is 2.70. The van der Waals surface area contributed by atoms with Crippen molar-refractivity contribution < 1.29 is 18.8 Å². The summed E-state index contributed by atoms with van der Waals surface area (Å²) in [5, 5.41) is 0. The number of fused-ring (bicyclic) bond motifs is 2. The average Bonchev–Trinajstić information content (AvgIpc) is 3.04. The van der Waals surface area contributed by atoms with E-state index in [2.05, 4.69) is 18.7 Å². The molecule has 5 heteroatoms. The number of ether oxygens (including phenoxy) is 1. The quantitative estimate of drug-likeness (QED) is 0.388. The van der Waals surface area contributed by atoms with Gasteiger partial charge in [-0.1, -0.05) is 29.9 Å². The van der Waals surface area contributed by atoms with E-state index in [1.165, 1.54) is 23.8 Å². The molecule has 1 spiro atoms. The molecule has 2 unspecified atom stereocenters. The fourth-order valence-electron chi connectivity index (χ4n) is 6.42. The maximum atomic E-state index is 13.4. The Balaban J connectivity index is 1.85. The minimum Gasteiger partial charge on any atom is -0.519 e. The van der Waals surface area contributed by atoms with Crippen LogP contribution in [-0.2, 0) is 18.8 Å². The molecule has 0 amide bonds. The number of methoxy groups -OCH3 is 1. The molecule has 2 fully saturated rings. The molecule has 4 aliphatic carbocycles. The molecule has 4 aliphatic rings. The van der Waals surface area contributed by atoms with Crippen LogP contribution < -0.4 is 0 Å². The molecule has 5 atom stereocenters. The van der Waals surface area contributed by atoms with Crippen LogP contribution in [0.2, 0.25) is 19.6 Å². The van der Waals surface area contributed by atoms with Gasteiger partial charge in [0, 0.05) is 11.3 Å². The number of carbonyl (C=O) groups excluding carboxylic acids is 2. The Labute approximate surface area is 169 Å². The summed E-state index contributed by atoms with van der Waals surface area (Å²) in [6.45, 7) is 12.4. The summed E-state index contributed by atoms with van der Waals surface area (Å²) in [5.41, 5.74) is 2.89. The van der Waals surface area contributed by atoms with Crippen LogP contribution >= 0.6 is 0 Å². The van der Waals surface area contributed by atoms with Crippen LogP contribution in [0, 0.1) is 28.6 Å². The van der Waals surface area contributed by atoms with Crippen molar-refractivity contribution in [2.45, 2.75) is 58.7 Å². The zero-order valence-corrected chi connectivity index (χ0v) is 18.8. The molecule has 0 radical (unpaired) electrons. The van der Waals surface area contributed by atoms with Crippen molar-refractivity contribution in [2.75, 3.05) is 7.11 Å². The van der Waals surface area contributed by atoms with Gasteiger partial charge in [0.1, 0.15) is 0 Å². The van der Waals surface area contributed by atoms with Crippen LogP contribution in [0.4, 0.5) is 0 Å². The summed E-state index contributed by atoms with van der Waals surface area (Å²) in [5.74, 6) is -0.352. The van der Waals surface area contributed by atoms with Gasteiger partial charge in [0.05, 0.1) is 18.4 Å². The smallest absolute Gasteiger partial charge is 0.310 e. The highest BCUT2D eigenvalue weighted by atomic mass is 28.4. The van der Waals surface area contributed by atoms with Crippen molar-refractivity contribution in [1.29, 1.82) is 0 Å². The molecule has 0 aromatic heterocycles. The maximum Gasteiger partial charge on any atom is 0.310 e. The molecule has 28 heavy (non-hydrogen) atoms. The standard InChI is InChI=1S/C23H32O4Si/c1-14-12-23-13-15(14)9-10-17(23)16-8-7-11-22(2,21(25)27-28(4,5)6)18(16)19(23)20(24)26-3/h7-8,15,18-19H,1,9-13H2,2-6H3/t15?,18-,19-,22?,23+/m0/s1. The van der Waals surface area contributed by atoms with E-state index in [-0.39, 0.29) is 29.2 Å². The van der Waals surface area contributed by atoms with Crippen LogP contribution in [0.25, 0.3) is 0 Å². The first-order valence-corrected chi connectivity index (χ1v) is 13.8. The number of rotatable bonds is 3. The molecule has 4 rings (SSSR count). The van der Waals surface area contributed by atoms with Gasteiger partial charge in [0.15, 0.2) is 0 Å². The molecule has 2 saturated carbocycles. The topological polar surface area (TPSA) is 52.6 Å². The normalized spacial score (nSPS) is 38.9. The molecule has 0 aliphatic heterocycles. The Morgan fingerprint density at radius 3 is 2.64 bits per heavy atom. The molecular formula is C23H32O4Si. The Morgan fingerprint density at radius 1 is 1.29 bits per heavy atom. The van der Waals surface area contributed by atoms with E-state index in [1.807, 2.05) is 26.6 Å². The minimum atomic E-state index is -2.04. The average molecular weight is 401 g/mol. The third-order valence-corrected chi connectivity index (χ3v) is 8.33. The van der Waals surface area contributed by atoms with Gasteiger partial charge < -0.3 is 9.16 Å². The van der Waals surface area contributed by atoms with Gasteiger partial charge in [-0.05, 0) is 70.2 Å². The van der Waals surface area contributed by atoms with Gasteiger partial charge in [-0.15, -0.1) is 0 Å². The maximum absolute atomic E-state index is 13.4. The number of hydrogen-bond acceptors (Lipinski definition) is 4. The second-order valence-corrected chi connectivity index (χ2v) is 14.8. The second-order valence-electron chi connectivity index (χ2n) is 10.4. The molecule has 0 heterocycles.